The predicted molar refractivity (Wildman–Crippen MR) is 101 cm³/mol. The van der Waals surface area contributed by atoms with E-state index >= 15 is 0 Å². The summed E-state index contributed by atoms with van der Waals surface area (Å²) in [6, 6.07) is 13.7. The summed E-state index contributed by atoms with van der Waals surface area (Å²) >= 11 is 6.05. The van der Waals surface area contributed by atoms with Crippen molar-refractivity contribution in [1.29, 1.82) is 0 Å². The van der Waals surface area contributed by atoms with Crippen LogP contribution >= 0.6 is 11.6 Å². The Bertz CT molecular complexity index is 968. The van der Waals surface area contributed by atoms with Gasteiger partial charge in [-0.25, -0.2) is 9.07 Å². The minimum atomic E-state index is -0.368. The Hall–Kier alpha value is -2.93. The molecule has 0 radical (unpaired) electrons. The van der Waals surface area contributed by atoms with Crippen molar-refractivity contribution in [2.24, 2.45) is 0 Å². The van der Waals surface area contributed by atoms with Gasteiger partial charge >= 0.3 is 0 Å². The van der Waals surface area contributed by atoms with E-state index in [1.165, 1.54) is 23.0 Å². The Morgan fingerprint density at radius 3 is 2.48 bits per heavy atom. The van der Waals surface area contributed by atoms with E-state index < -0.39 is 0 Å². The lowest BCUT2D eigenvalue weighted by atomic mass is 10.2. The third-order valence-corrected chi connectivity index (χ3v) is 4.76. The highest BCUT2D eigenvalue weighted by Gasteiger charge is 2.24. The minimum Gasteiger partial charge on any atom is -0.368 e. The zero-order chi connectivity index (χ0) is 18.8. The Morgan fingerprint density at radius 2 is 1.74 bits per heavy atom. The maximum Gasteiger partial charge on any atom is 0.276 e. The molecule has 0 spiro atoms. The average Bonchev–Trinajstić information content (AvgIpc) is 3.18. The molecule has 0 N–H and O–H groups in total. The molecule has 2 heterocycles. The molecule has 1 fully saturated rings. The number of nitrogens with zero attached hydrogens (tertiary/aromatic N) is 5. The number of rotatable bonds is 3. The number of carbonyl (C=O) groups is 1. The molecule has 8 heteroatoms. The summed E-state index contributed by atoms with van der Waals surface area (Å²) in [7, 11) is 0. The molecule has 6 nitrogen and oxygen atoms in total. The number of halogens is 2. The van der Waals surface area contributed by atoms with Crippen molar-refractivity contribution in [3.63, 3.8) is 0 Å². The van der Waals surface area contributed by atoms with E-state index in [-0.39, 0.29) is 17.4 Å². The fourth-order valence-corrected chi connectivity index (χ4v) is 3.29. The van der Waals surface area contributed by atoms with E-state index in [1.54, 1.807) is 17.0 Å². The van der Waals surface area contributed by atoms with E-state index in [0.29, 0.717) is 36.9 Å². The summed E-state index contributed by atoms with van der Waals surface area (Å²) in [5.41, 5.74) is 1.81. The standard InChI is InChI=1S/C19H17ClFN5O/c20-14-3-1-5-16(11-14)24-7-9-25(10-8-24)19(27)18-13-26(23-22-18)17-6-2-4-15(21)12-17/h1-6,11-13H,7-10H2. The van der Waals surface area contributed by atoms with Gasteiger partial charge in [0.1, 0.15) is 5.82 Å². The van der Waals surface area contributed by atoms with Crippen LogP contribution in [0.5, 0.6) is 0 Å². The Labute approximate surface area is 160 Å². The lowest BCUT2D eigenvalue weighted by Crippen LogP contribution is -2.48. The number of piperazine rings is 1. The van der Waals surface area contributed by atoms with Crippen LogP contribution in [0.1, 0.15) is 10.5 Å². The summed E-state index contributed by atoms with van der Waals surface area (Å²) < 4.78 is 14.8. The molecular weight excluding hydrogens is 369 g/mol. The molecule has 138 valence electrons. The fraction of sp³-hybridized carbons (Fsp3) is 0.211. The van der Waals surface area contributed by atoms with E-state index in [1.807, 2.05) is 24.3 Å². The molecule has 0 bridgehead atoms. The maximum atomic E-state index is 13.4. The van der Waals surface area contributed by atoms with Crippen LogP contribution in [-0.4, -0.2) is 52.0 Å². The van der Waals surface area contributed by atoms with Gasteiger partial charge in [0.15, 0.2) is 5.69 Å². The fourth-order valence-electron chi connectivity index (χ4n) is 3.11. The van der Waals surface area contributed by atoms with Gasteiger partial charge < -0.3 is 9.80 Å². The summed E-state index contributed by atoms with van der Waals surface area (Å²) in [4.78, 5) is 16.6. The highest BCUT2D eigenvalue weighted by atomic mass is 35.5. The quantitative estimate of drug-likeness (QED) is 0.695. The van der Waals surface area contributed by atoms with Crippen LogP contribution in [-0.2, 0) is 0 Å². The van der Waals surface area contributed by atoms with Crippen LogP contribution in [0.15, 0.2) is 54.7 Å². The zero-order valence-corrected chi connectivity index (χ0v) is 15.2. The second-order valence-corrected chi connectivity index (χ2v) is 6.72. The van der Waals surface area contributed by atoms with Gasteiger partial charge in [-0.15, -0.1) is 5.10 Å². The molecule has 3 aromatic rings. The summed E-state index contributed by atoms with van der Waals surface area (Å²) in [6.07, 6.45) is 1.53. The number of hydrogen-bond acceptors (Lipinski definition) is 4. The van der Waals surface area contributed by atoms with Crippen LogP contribution in [0, 0.1) is 5.82 Å². The monoisotopic (exact) mass is 385 g/mol. The van der Waals surface area contributed by atoms with Gasteiger partial charge in [0.2, 0.25) is 0 Å². The molecule has 2 aromatic carbocycles. The van der Waals surface area contributed by atoms with Gasteiger partial charge in [0.05, 0.1) is 11.9 Å². The van der Waals surface area contributed by atoms with Gasteiger partial charge in [0.25, 0.3) is 5.91 Å². The van der Waals surface area contributed by atoms with E-state index in [9.17, 15) is 9.18 Å². The van der Waals surface area contributed by atoms with Crippen molar-refractivity contribution in [2.45, 2.75) is 0 Å². The molecule has 0 saturated carbocycles. The first-order chi connectivity index (χ1) is 13.1. The average molecular weight is 386 g/mol. The van der Waals surface area contributed by atoms with Gasteiger partial charge in [0, 0.05) is 36.9 Å². The first kappa shape index (κ1) is 17.5. The SMILES string of the molecule is O=C(c1cn(-c2cccc(F)c2)nn1)N1CCN(c2cccc(Cl)c2)CC1. The van der Waals surface area contributed by atoms with E-state index in [0.717, 1.165) is 5.69 Å². The Morgan fingerprint density at radius 1 is 1.00 bits per heavy atom. The topological polar surface area (TPSA) is 54.3 Å². The molecule has 27 heavy (non-hydrogen) atoms. The summed E-state index contributed by atoms with van der Waals surface area (Å²) in [5.74, 6) is -0.545. The van der Waals surface area contributed by atoms with Crippen molar-refractivity contribution in [2.75, 3.05) is 31.1 Å². The number of aromatic nitrogens is 3. The van der Waals surface area contributed by atoms with E-state index in [2.05, 4.69) is 15.2 Å². The highest BCUT2D eigenvalue weighted by molar-refractivity contribution is 6.30. The number of amides is 1. The molecule has 1 aliphatic heterocycles. The first-order valence-electron chi connectivity index (χ1n) is 8.58. The molecule has 0 aliphatic carbocycles. The van der Waals surface area contributed by atoms with E-state index in [4.69, 9.17) is 11.6 Å². The van der Waals surface area contributed by atoms with Crippen LogP contribution in [0.3, 0.4) is 0 Å². The molecule has 1 aromatic heterocycles. The predicted octanol–water partition coefficient (Wildman–Crippen LogP) is 3.02. The van der Waals surface area contributed by atoms with Gasteiger partial charge in [-0.3, -0.25) is 4.79 Å². The second-order valence-electron chi connectivity index (χ2n) is 6.29. The number of carbonyl (C=O) groups excluding carboxylic acids is 1. The minimum absolute atomic E-state index is 0.177. The normalized spacial score (nSPS) is 14.4. The maximum absolute atomic E-state index is 13.4. The van der Waals surface area contributed by atoms with Gasteiger partial charge in [-0.05, 0) is 36.4 Å². The molecular formula is C19H17ClFN5O. The van der Waals surface area contributed by atoms with Crippen LogP contribution < -0.4 is 4.90 Å². The third kappa shape index (κ3) is 3.78. The second kappa shape index (κ2) is 7.36. The smallest absolute Gasteiger partial charge is 0.276 e. The third-order valence-electron chi connectivity index (χ3n) is 4.53. The van der Waals surface area contributed by atoms with Crippen molar-refractivity contribution in [3.8, 4) is 5.69 Å². The molecule has 0 unspecified atom stereocenters. The van der Waals surface area contributed by atoms with Crippen molar-refractivity contribution < 1.29 is 9.18 Å². The molecule has 4 rings (SSSR count). The van der Waals surface area contributed by atoms with Crippen LogP contribution in [0.2, 0.25) is 5.02 Å². The first-order valence-corrected chi connectivity index (χ1v) is 8.96. The van der Waals surface area contributed by atoms with Crippen molar-refractivity contribution in [3.05, 3.63) is 71.3 Å². The molecule has 1 saturated heterocycles. The number of benzene rings is 2. The van der Waals surface area contributed by atoms with Crippen molar-refractivity contribution >= 4 is 23.2 Å². The lowest BCUT2D eigenvalue weighted by Gasteiger charge is -2.35. The van der Waals surface area contributed by atoms with Gasteiger partial charge in [-0.2, -0.15) is 0 Å². The number of hydrogen-bond donors (Lipinski definition) is 0. The van der Waals surface area contributed by atoms with Gasteiger partial charge in [-0.1, -0.05) is 28.9 Å². The Kier molecular flexibility index (Phi) is 4.77. The zero-order valence-electron chi connectivity index (χ0n) is 14.4. The molecule has 1 aliphatic rings. The lowest BCUT2D eigenvalue weighted by molar-refractivity contribution is 0.0741. The highest BCUT2D eigenvalue weighted by Crippen LogP contribution is 2.21. The Balaban J connectivity index is 1.42. The molecule has 1 amide bonds. The molecule has 0 atom stereocenters. The van der Waals surface area contributed by atoms with Crippen LogP contribution in [0.4, 0.5) is 10.1 Å². The largest absolute Gasteiger partial charge is 0.368 e. The van der Waals surface area contributed by atoms with Crippen molar-refractivity contribution in [1.82, 2.24) is 19.9 Å². The van der Waals surface area contributed by atoms with Crippen LogP contribution in [0.25, 0.3) is 5.69 Å². The number of anilines is 1. The summed E-state index contributed by atoms with van der Waals surface area (Å²) in [6.45, 7) is 2.59. The summed E-state index contributed by atoms with van der Waals surface area (Å²) in [5, 5.41) is 8.59.